The van der Waals surface area contributed by atoms with E-state index in [1.54, 1.807) is 0 Å². The minimum Gasteiger partial charge on any atom is -0.181 e. The maximum Gasteiger partial charge on any atom is 0.237 e. The molecule has 0 amide bonds. The molecule has 1 aromatic heterocycles. The van der Waals surface area contributed by atoms with E-state index in [1.807, 2.05) is 24.3 Å². The Hall–Kier alpha value is -1.45. The molecule has 19 heavy (non-hydrogen) atoms. The van der Waals surface area contributed by atoms with E-state index in [1.165, 1.54) is 10.9 Å². The Bertz CT molecular complexity index is 723. The third kappa shape index (κ3) is 2.48. The quantitative estimate of drug-likeness (QED) is 0.521. The van der Waals surface area contributed by atoms with Crippen LogP contribution in [0.1, 0.15) is 5.56 Å². The van der Waals surface area contributed by atoms with Gasteiger partial charge < -0.3 is 0 Å². The molecule has 2 aromatic carbocycles. The van der Waals surface area contributed by atoms with Gasteiger partial charge in [0.1, 0.15) is 0 Å². The molecule has 0 aliphatic rings. The van der Waals surface area contributed by atoms with Gasteiger partial charge in [0.15, 0.2) is 6.54 Å². The SMILES string of the molecule is Sc1cccc2ccc(S)[n+](Cc3ccccc3)c12. The first-order chi connectivity index (χ1) is 9.25. The van der Waals surface area contributed by atoms with Crippen LogP contribution in [0.15, 0.2) is 70.6 Å². The van der Waals surface area contributed by atoms with Crippen LogP contribution in [-0.2, 0) is 6.54 Å². The molecule has 0 saturated heterocycles. The van der Waals surface area contributed by atoms with Gasteiger partial charge in [-0.2, -0.15) is 4.57 Å². The lowest BCUT2D eigenvalue weighted by molar-refractivity contribution is -0.700. The van der Waals surface area contributed by atoms with E-state index in [9.17, 15) is 0 Å². The van der Waals surface area contributed by atoms with E-state index in [-0.39, 0.29) is 0 Å². The molecule has 1 nitrogen and oxygen atoms in total. The fourth-order valence-corrected chi connectivity index (χ4v) is 2.85. The summed E-state index contributed by atoms with van der Waals surface area (Å²) >= 11 is 9.16. The Morgan fingerprint density at radius 1 is 0.789 bits per heavy atom. The molecule has 0 spiro atoms. The molecule has 3 rings (SSSR count). The summed E-state index contributed by atoms with van der Waals surface area (Å²) in [5.74, 6) is 0. The van der Waals surface area contributed by atoms with Crippen molar-refractivity contribution >= 4 is 36.2 Å². The van der Waals surface area contributed by atoms with Crippen LogP contribution in [0, 0.1) is 0 Å². The molecule has 0 fully saturated rings. The average Bonchev–Trinajstić information content (AvgIpc) is 2.43. The van der Waals surface area contributed by atoms with Crippen LogP contribution in [0.2, 0.25) is 0 Å². The van der Waals surface area contributed by atoms with Gasteiger partial charge in [0.25, 0.3) is 0 Å². The van der Waals surface area contributed by atoms with Gasteiger partial charge in [-0.1, -0.05) is 49.0 Å². The van der Waals surface area contributed by atoms with E-state index in [4.69, 9.17) is 0 Å². The smallest absolute Gasteiger partial charge is 0.181 e. The maximum absolute atomic E-state index is 4.58. The molecular weight excluding hydrogens is 270 g/mol. The van der Waals surface area contributed by atoms with Crippen LogP contribution < -0.4 is 4.57 Å². The summed E-state index contributed by atoms with van der Waals surface area (Å²) in [6, 6.07) is 20.6. The van der Waals surface area contributed by atoms with E-state index in [0.717, 1.165) is 22.0 Å². The number of para-hydroxylation sites is 1. The van der Waals surface area contributed by atoms with E-state index in [2.05, 4.69) is 66.2 Å². The van der Waals surface area contributed by atoms with Crippen molar-refractivity contribution in [2.24, 2.45) is 0 Å². The van der Waals surface area contributed by atoms with Gasteiger partial charge in [-0.25, -0.2) is 0 Å². The summed E-state index contributed by atoms with van der Waals surface area (Å²) < 4.78 is 2.19. The monoisotopic (exact) mass is 284 g/mol. The lowest BCUT2D eigenvalue weighted by atomic mass is 10.2. The molecule has 0 unspecified atom stereocenters. The van der Waals surface area contributed by atoms with Crippen LogP contribution >= 0.6 is 25.3 Å². The average molecular weight is 284 g/mol. The van der Waals surface area contributed by atoms with Crippen LogP contribution in [0.3, 0.4) is 0 Å². The normalized spacial score (nSPS) is 10.8. The lowest BCUT2D eigenvalue weighted by Crippen LogP contribution is -2.37. The molecule has 3 aromatic rings. The molecule has 0 saturated carbocycles. The Kier molecular flexibility index (Phi) is 3.49. The first-order valence-electron chi connectivity index (χ1n) is 6.13. The van der Waals surface area contributed by atoms with Crippen molar-refractivity contribution in [3.8, 4) is 0 Å². The molecule has 0 bridgehead atoms. The molecule has 0 aliphatic heterocycles. The van der Waals surface area contributed by atoms with Crippen LogP contribution in [-0.4, -0.2) is 0 Å². The summed E-state index contributed by atoms with van der Waals surface area (Å²) in [7, 11) is 0. The van der Waals surface area contributed by atoms with Gasteiger partial charge in [0.05, 0.1) is 4.90 Å². The number of benzene rings is 2. The van der Waals surface area contributed by atoms with Gasteiger partial charge >= 0.3 is 0 Å². The number of aromatic nitrogens is 1. The molecule has 3 heteroatoms. The fourth-order valence-electron chi connectivity index (χ4n) is 2.27. The third-order valence-electron chi connectivity index (χ3n) is 3.19. The van der Waals surface area contributed by atoms with E-state index < -0.39 is 0 Å². The molecule has 0 aliphatic carbocycles. The van der Waals surface area contributed by atoms with Gasteiger partial charge in [-0.15, -0.1) is 12.6 Å². The molecule has 0 atom stereocenters. The summed E-state index contributed by atoms with van der Waals surface area (Å²) in [6.07, 6.45) is 0. The highest BCUT2D eigenvalue weighted by molar-refractivity contribution is 7.80. The largest absolute Gasteiger partial charge is 0.237 e. The summed E-state index contributed by atoms with van der Waals surface area (Å²) in [5, 5.41) is 2.12. The van der Waals surface area contributed by atoms with Crippen molar-refractivity contribution in [1.82, 2.24) is 0 Å². The third-order valence-corrected chi connectivity index (χ3v) is 3.94. The number of rotatable bonds is 2. The molecule has 0 radical (unpaired) electrons. The van der Waals surface area contributed by atoms with Crippen molar-refractivity contribution in [1.29, 1.82) is 0 Å². The van der Waals surface area contributed by atoms with Crippen LogP contribution in [0.4, 0.5) is 0 Å². The second-order valence-corrected chi connectivity index (χ2v) is 5.42. The topological polar surface area (TPSA) is 3.88 Å². The second kappa shape index (κ2) is 5.27. The minimum absolute atomic E-state index is 0.800. The fraction of sp³-hybridized carbons (Fsp3) is 0.0625. The number of thiol groups is 2. The van der Waals surface area contributed by atoms with Crippen molar-refractivity contribution in [3.05, 3.63) is 66.2 Å². The Morgan fingerprint density at radius 2 is 1.58 bits per heavy atom. The molecular formula is C16H14NS2+. The van der Waals surface area contributed by atoms with E-state index in [0.29, 0.717) is 0 Å². The number of pyridine rings is 1. The highest BCUT2D eigenvalue weighted by atomic mass is 32.1. The van der Waals surface area contributed by atoms with Crippen molar-refractivity contribution in [2.45, 2.75) is 16.5 Å². The lowest BCUT2D eigenvalue weighted by Gasteiger charge is -2.06. The Morgan fingerprint density at radius 3 is 2.37 bits per heavy atom. The van der Waals surface area contributed by atoms with Crippen LogP contribution in [0.25, 0.3) is 10.9 Å². The standard InChI is InChI=1S/C16H13NS2/c18-14-8-4-7-13-9-10-15(19)17(16(13)14)11-12-5-2-1-3-6-12/h1-10,18H,11H2/p+1. The molecule has 94 valence electrons. The Balaban J connectivity index is 2.19. The predicted octanol–water partition coefficient (Wildman–Crippen LogP) is 3.75. The first-order valence-corrected chi connectivity index (χ1v) is 7.02. The molecule has 0 N–H and O–H groups in total. The van der Waals surface area contributed by atoms with Gasteiger partial charge in [-0.05, 0) is 18.2 Å². The zero-order valence-corrected chi connectivity index (χ0v) is 12.1. The first kappa shape index (κ1) is 12.6. The van der Waals surface area contributed by atoms with Gasteiger partial charge in [0.2, 0.25) is 10.5 Å². The summed E-state index contributed by atoms with van der Waals surface area (Å²) in [4.78, 5) is 0.976. The summed E-state index contributed by atoms with van der Waals surface area (Å²) in [6.45, 7) is 0.800. The van der Waals surface area contributed by atoms with Gasteiger partial charge in [-0.3, -0.25) is 0 Å². The van der Waals surface area contributed by atoms with Crippen LogP contribution in [0.5, 0.6) is 0 Å². The summed E-state index contributed by atoms with van der Waals surface area (Å²) in [5.41, 5.74) is 2.38. The predicted molar refractivity (Wildman–Crippen MR) is 84.2 cm³/mol. The van der Waals surface area contributed by atoms with Crippen molar-refractivity contribution in [2.75, 3.05) is 0 Å². The number of hydrogen-bond acceptors (Lipinski definition) is 2. The zero-order valence-electron chi connectivity index (χ0n) is 10.3. The van der Waals surface area contributed by atoms with E-state index >= 15 is 0 Å². The highest BCUT2D eigenvalue weighted by Gasteiger charge is 2.16. The number of fused-ring (bicyclic) bond motifs is 1. The Labute approximate surface area is 123 Å². The molecule has 1 heterocycles. The second-order valence-electron chi connectivity index (χ2n) is 4.48. The number of nitrogens with zero attached hydrogens (tertiary/aromatic N) is 1. The zero-order chi connectivity index (χ0) is 13.2. The van der Waals surface area contributed by atoms with Gasteiger partial charge in [0, 0.05) is 17.0 Å². The van der Waals surface area contributed by atoms with Crippen molar-refractivity contribution in [3.63, 3.8) is 0 Å². The maximum atomic E-state index is 4.58. The minimum atomic E-state index is 0.800. The number of hydrogen-bond donors (Lipinski definition) is 2. The van der Waals surface area contributed by atoms with Crippen molar-refractivity contribution < 1.29 is 4.57 Å². The highest BCUT2D eigenvalue weighted by Crippen LogP contribution is 2.20.